The van der Waals surface area contributed by atoms with Crippen molar-refractivity contribution in [2.24, 2.45) is 0 Å². The molecule has 12 aromatic carbocycles. The molecule has 0 fully saturated rings. The van der Waals surface area contributed by atoms with E-state index in [0.717, 1.165) is 26.7 Å². The Balaban J connectivity index is 0.000000125. The van der Waals surface area contributed by atoms with Gasteiger partial charge in [-0.2, -0.15) is 15.8 Å². The van der Waals surface area contributed by atoms with Crippen LogP contribution in [-0.2, 0) is 0 Å². The van der Waals surface area contributed by atoms with Crippen LogP contribution in [0.25, 0.3) is 36.5 Å². The minimum Gasteiger partial charge on any atom is -0.496 e. The molecule has 0 aliphatic carbocycles. The third kappa shape index (κ3) is 19.5. The Hall–Kier alpha value is -17.2. The van der Waals surface area contributed by atoms with Gasteiger partial charge in [-0.1, -0.05) is 125 Å². The van der Waals surface area contributed by atoms with Crippen LogP contribution in [0.1, 0.15) is 118 Å². The standard InChI is InChI=1S/C17H13NO5.C16H8BrNO2.2C16H9NO2.2C15H9NO4/c1-10-6-13(22-2)16-14(7-10)23-15(17(16)19)9-11-4-3-5-12(8-11)18(20)21;17-12-5-6-14-13(8-12)16(19)15(20-14)7-10-1-3-11(9-18)4-2-10;17-10-12-5-3-4-11(8-12)9-15-16(18)13-6-1-2-7-14(13)19-15;17-10-12-7-5-11(6-8-12)9-15-16(18)13-3-1-2-4-14(13)19-15;17-15-12-6-1-2-7-13(12)20-14(15)9-10-4-3-5-11(8-10)16(18)19;17-15-12-3-1-2-4-13(12)20-14(15)9-10-5-7-11(8-6-10)16(18)19/h3-9H,1-2H3;1-8H;2*1-9H;2*1-9H/b15-9-;15-7-;2*15-9-;2*14-9-. The first-order valence-corrected chi connectivity index (χ1v) is 37.1. The van der Waals surface area contributed by atoms with Gasteiger partial charge < -0.3 is 33.2 Å². The van der Waals surface area contributed by atoms with E-state index in [9.17, 15) is 59.1 Å². The quantitative estimate of drug-likeness (QED) is 0.0697. The number of carbonyl (C=O) groups excluding carboxylic acids is 6. The van der Waals surface area contributed by atoms with Gasteiger partial charge in [-0.25, -0.2) is 0 Å². The maximum atomic E-state index is 12.5. The molecule has 6 aliphatic rings. The number of nitriles is 3. The third-order valence-corrected chi connectivity index (χ3v) is 18.7. The average Bonchev–Trinajstić information content (AvgIpc) is 1.64. The van der Waals surface area contributed by atoms with Crippen LogP contribution in [-0.4, -0.2) is 56.6 Å². The van der Waals surface area contributed by atoms with Crippen LogP contribution in [0.3, 0.4) is 0 Å². The minimum atomic E-state index is -0.486. The van der Waals surface area contributed by atoms with Gasteiger partial charge in [0, 0.05) is 40.9 Å². The predicted molar refractivity (Wildman–Crippen MR) is 448 cm³/mol. The summed E-state index contributed by atoms with van der Waals surface area (Å²) in [7, 11) is 1.49. The van der Waals surface area contributed by atoms with Crippen molar-refractivity contribution in [3.63, 3.8) is 0 Å². The van der Waals surface area contributed by atoms with E-state index in [1.54, 1.807) is 231 Å². The number of methoxy groups -OCH3 is 1. The number of non-ortho nitro benzene ring substituents is 3. The SMILES string of the molecule is COc1cc(C)cc2c1C(=O)/C(=C/c1cccc([N+](=O)[O-])c1)O2.N#Cc1ccc(/C=C2\Oc3ccc(Br)cc3C2=O)cc1.N#Cc1ccc(/C=C2\Oc3ccccc3C2=O)cc1.N#Cc1cccc(/C=C2\Oc3ccccc3C2=O)c1.O=C1/C(=C/c2ccc([N+](=O)[O-])cc2)Oc2ccccc21.O=C1/C(=C/c2cccc([N+](=O)[O-])c2)Oc2ccccc21. The summed E-state index contributed by atoms with van der Waals surface area (Å²) in [6, 6.07) is 82.2. The van der Waals surface area contributed by atoms with Crippen LogP contribution >= 0.6 is 15.9 Å². The summed E-state index contributed by atoms with van der Waals surface area (Å²) in [6.45, 7) is 1.87. The number of aryl methyl sites for hydroxylation is 1. The van der Waals surface area contributed by atoms with Gasteiger partial charge in [0.2, 0.25) is 34.7 Å². The molecule has 6 aliphatic heterocycles. The Labute approximate surface area is 696 Å². The highest BCUT2D eigenvalue weighted by Crippen LogP contribution is 2.41. The lowest BCUT2D eigenvalue weighted by atomic mass is 10.1. The number of halogens is 1. The van der Waals surface area contributed by atoms with Gasteiger partial charge in [0.05, 0.1) is 84.6 Å². The summed E-state index contributed by atoms with van der Waals surface area (Å²) >= 11 is 3.34. The molecule has 0 atom stereocenters. The molecular formula is C95H57BrN6O19. The summed E-state index contributed by atoms with van der Waals surface area (Å²) in [5.41, 5.74) is 9.85. The monoisotopic (exact) mass is 1660 g/mol. The van der Waals surface area contributed by atoms with Crippen molar-refractivity contribution in [1.82, 2.24) is 0 Å². The number of ether oxygens (including phenoxy) is 7. The van der Waals surface area contributed by atoms with E-state index in [2.05, 4.69) is 34.1 Å². The molecule has 0 radical (unpaired) electrons. The zero-order valence-electron chi connectivity index (χ0n) is 63.3. The maximum absolute atomic E-state index is 12.5. The number of carbonyl (C=O) groups is 6. The van der Waals surface area contributed by atoms with Gasteiger partial charge in [0.1, 0.15) is 45.8 Å². The van der Waals surface area contributed by atoms with Crippen LogP contribution in [0.2, 0.25) is 0 Å². The first kappa shape index (κ1) is 81.9. The highest BCUT2D eigenvalue weighted by Gasteiger charge is 2.34. The molecular weight excluding hydrogens is 1610 g/mol. The number of Topliss-reactive ketones (excluding diaryl/α,β-unsaturated/α-hetero) is 6. The molecule has 25 nitrogen and oxygen atoms in total. The summed E-state index contributed by atoms with van der Waals surface area (Å²) in [4.78, 5) is 104. The largest absolute Gasteiger partial charge is 0.496 e. The Morgan fingerprint density at radius 3 is 1.00 bits per heavy atom. The lowest BCUT2D eigenvalue weighted by Gasteiger charge is -2.05. The topological polar surface area (TPSA) is 368 Å². The second kappa shape index (κ2) is 37.0. The number of hydrogen-bond donors (Lipinski definition) is 0. The Bertz CT molecular complexity index is 6620. The minimum absolute atomic E-state index is 0.00843. The lowest BCUT2D eigenvalue weighted by Crippen LogP contribution is -2.00. The van der Waals surface area contributed by atoms with Gasteiger partial charge in [-0.15, -0.1) is 0 Å². The number of rotatable bonds is 10. The van der Waals surface area contributed by atoms with Gasteiger partial charge in [0.15, 0.2) is 34.6 Å². The third-order valence-electron chi connectivity index (χ3n) is 18.2. The van der Waals surface area contributed by atoms with E-state index in [0.29, 0.717) is 119 Å². The highest BCUT2D eigenvalue weighted by molar-refractivity contribution is 9.10. The number of hydrogen-bond acceptors (Lipinski definition) is 22. The van der Waals surface area contributed by atoms with Crippen LogP contribution in [0, 0.1) is 71.3 Å². The molecule has 121 heavy (non-hydrogen) atoms. The number of nitrogens with zero attached hydrogens (tertiary/aromatic N) is 6. The number of benzene rings is 12. The van der Waals surface area contributed by atoms with Gasteiger partial charge >= 0.3 is 0 Å². The van der Waals surface area contributed by atoms with E-state index in [-0.39, 0.29) is 74.8 Å². The zero-order chi connectivity index (χ0) is 85.4. The lowest BCUT2D eigenvalue weighted by molar-refractivity contribution is -0.385. The molecule has 0 amide bonds. The molecule has 12 aromatic rings. The van der Waals surface area contributed by atoms with Crippen LogP contribution in [0.5, 0.6) is 40.2 Å². The number of nitro groups is 3. The van der Waals surface area contributed by atoms with Crippen LogP contribution in [0.4, 0.5) is 17.1 Å². The van der Waals surface area contributed by atoms with E-state index in [1.165, 1.54) is 55.7 Å². The Kier molecular flexibility index (Phi) is 25.0. The molecule has 0 spiro atoms. The van der Waals surface area contributed by atoms with Crippen molar-refractivity contribution in [3.05, 3.63) is 431 Å². The van der Waals surface area contributed by atoms with E-state index < -0.39 is 14.8 Å². The number of allylic oxidation sites excluding steroid dienone is 6. The molecule has 0 saturated carbocycles. The second-order valence-corrected chi connectivity index (χ2v) is 27.3. The van der Waals surface area contributed by atoms with Gasteiger partial charge in [0.25, 0.3) is 17.1 Å². The molecule has 0 aromatic heterocycles. The first-order valence-electron chi connectivity index (χ1n) is 36.3. The number of para-hydroxylation sites is 4. The van der Waals surface area contributed by atoms with E-state index in [4.69, 9.17) is 48.9 Å². The predicted octanol–water partition coefficient (Wildman–Crippen LogP) is 20.2. The number of nitro benzene ring substituents is 3. The van der Waals surface area contributed by atoms with Crippen molar-refractivity contribution in [2.45, 2.75) is 6.92 Å². The molecule has 26 heteroatoms. The summed E-state index contributed by atoms with van der Waals surface area (Å²) < 4.78 is 39.2. The molecule has 588 valence electrons. The normalized spacial score (nSPS) is 14.8. The van der Waals surface area contributed by atoms with E-state index >= 15 is 0 Å². The average molecular weight is 1670 g/mol. The fourth-order valence-corrected chi connectivity index (χ4v) is 12.7. The summed E-state index contributed by atoms with van der Waals surface area (Å²) in [5, 5.41) is 58.4. The smallest absolute Gasteiger partial charge is 0.270 e. The fraction of sp³-hybridized carbons (Fsp3) is 0.0211. The molecule has 18 rings (SSSR count). The second-order valence-electron chi connectivity index (χ2n) is 26.4. The summed E-state index contributed by atoms with van der Waals surface area (Å²) in [5.74, 6) is 4.00. The van der Waals surface area contributed by atoms with Crippen molar-refractivity contribution >= 4 is 104 Å². The Morgan fingerprint density at radius 2 is 0.636 bits per heavy atom. The van der Waals surface area contributed by atoms with Gasteiger partial charge in [-0.3, -0.25) is 59.1 Å². The van der Waals surface area contributed by atoms with Crippen molar-refractivity contribution in [3.8, 4) is 58.5 Å². The molecule has 0 saturated heterocycles. The molecule has 0 N–H and O–H groups in total. The molecule has 6 heterocycles. The van der Waals surface area contributed by atoms with Gasteiger partial charge in [-0.05, 0) is 210 Å². The number of fused-ring (bicyclic) bond motifs is 6. The van der Waals surface area contributed by atoms with Crippen molar-refractivity contribution in [1.29, 1.82) is 15.8 Å². The highest BCUT2D eigenvalue weighted by atomic mass is 79.9. The maximum Gasteiger partial charge on any atom is 0.270 e. The Morgan fingerprint density at radius 1 is 0.314 bits per heavy atom. The first-order chi connectivity index (χ1) is 58.5. The number of ketones is 6. The van der Waals surface area contributed by atoms with Crippen LogP contribution < -0.4 is 33.2 Å². The zero-order valence-corrected chi connectivity index (χ0v) is 64.8. The summed E-state index contributed by atoms with van der Waals surface area (Å²) in [6.07, 6.45) is 9.59. The molecule has 0 unspecified atom stereocenters. The van der Waals surface area contributed by atoms with Crippen molar-refractivity contribution < 1.29 is 76.7 Å². The molecule has 0 bridgehead atoms. The fourth-order valence-electron chi connectivity index (χ4n) is 12.3. The van der Waals surface area contributed by atoms with Crippen LogP contribution in [0.15, 0.2) is 312 Å². The van der Waals surface area contributed by atoms with E-state index in [1.807, 2.05) is 37.3 Å². The van der Waals surface area contributed by atoms with Crippen molar-refractivity contribution in [2.75, 3.05) is 7.11 Å².